The molecule has 3 aromatic carbocycles. The lowest BCUT2D eigenvalue weighted by Gasteiger charge is -2.29. The van der Waals surface area contributed by atoms with Crippen molar-refractivity contribution >= 4 is 0 Å². The Labute approximate surface area is 196 Å². The third kappa shape index (κ3) is 5.33. The van der Waals surface area contributed by atoms with Crippen molar-refractivity contribution in [2.45, 2.75) is 51.6 Å². The van der Waals surface area contributed by atoms with Gasteiger partial charge in [0.1, 0.15) is 0 Å². The van der Waals surface area contributed by atoms with Crippen LogP contribution in [0, 0.1) is 35.0 Å². The maximum absolute atomic E-state index is 14.9. The van der Waals surface area contributed by atoms with Crippen molar-refractivity contribution in [3.8, 4) is 11.1 Å². The lowest BCUT2D eigenvalue weighted by atomic mass is 9.91. The topological polar surface area (TPSA) is 9.23 Å². The van der Waals surface area contributed by atoms with Gasteiger partial charge in [-0.2, -0.15) is 0 Å². The highest BCUT2D eigenvalue weighted by molar-refractivity contribution is 5.65. The molecule has 0 amide bonds. The quantitative estimate of drug-likeness (QED) is 0.248. The molecule has 0 spiro atoms. The summed E-state index contributed by atoms with van der Waals surface area (Å²) in [5.41, 5.74) is 1.96. The minimum atomic E-state index is -1.55. The molecule has 1 aliphatic heterocycles. The van der Waals surface area contributed by atoms with E-state index in [1.807, 2.05) is 12.1 Å². The Bertz CT molecular complexity index is 1110. The van der Waals surface area contributed by atoms with Crippen LogP contribution in [0.1, 0.15) is 55.4 Å². The fourth-order valence-corrected chi connectivity index (χ4v) is 4.62. The number of hydrogen-bond donors (Lipinski definition) is 0. The number of aryl methyl sites for hydroxylation is 2. The van der Waals surface area contributed by atoms with Gasteiger partial charge in [-0.05, 0) is 72.4 Å². The van der Waals surface area contributed by atoms with Gasteiger partial charge in [0, 0.05) is 5.56 Å². The molecule has 1 saturated heterocycles. The summed E-state index contributed by atoms with van der Waals surface area (Å²) >= 11 is 0. The van der Waals surface area contributed by atoms with Crippen molar-refractivity contribution in [3.05, 3.63) is 94.3 Å². The van der Waals surface area contributed by atoms with E-state index in [0.29, 0.717) is 11.5 Å². The zero-order chi connectivity index (χ0) is 24.2. The van der Waals surface area contributed by atoms with Crippen LogP contribution in [0.5, 0.6) is 0 Å². The highest BCUT2D eigenvalue weighted by Crippen LogP contribution is 2.34. The molecule has 0 bridgehead atoms. The second-order valence-electron chi connectivity index (χ2n) is 8.95. The second kappa shape index (κ2) is 10.7. The molecule has 1 nitrogen and oxygen atoms in total. The number of ether oxygens (including phenoxy) is 1. The van der Waals surface area contributed by atoms with Crippen LogP contribution < -0.4 is 0 Å². The average molecular weight is 475 g/mol. The lowest BCUT2D eigenvalue weighted by molar-refractivity contribution is -0.0194. The number of benzene rings is 3. The Morgan fingerprint density at radius 3 is 2.12 bits per heavy atom. The predicted octanol–water partition coefficient (Wildman–Crippen LogP) is 8.10. The first kappa shape index (κ1) is 24.4. The maximum Gasteiger partial charge on any atom is 0.194 e. The highest BCUT2D eigenvalue weighted by Gasteiger charge is 2.23. The van der Waals surface area contributed by atoms with E-state index < -0.39 is 29.1 Å². The van der Waals surface area contributed by atoms with E-state index in [0.717, 1.165) is 43.6 Å². The predicted molar refractivity (Wildman–Crippen MR) is 122 cm³/mol. The number of hydrogen-bond acceptors (Lipinski definition) is 1. The molecule has 1 heterocycles. The molecule has 2 atom stereocenters. The van der Waals surface area contributed by atoms with Gasteiger partial charge in [0.25, 0.3) is 0 Å². The molecule has 0 aliphatic carbocycles. The molecule has 2 unspecified atom stereocenters. The average Bonchev–Trinajstić information content (AvgIpc) is 2.84. The molecule has 0 N–H and O–H groups in total. The summed E-state index contributed by atoms with van der Waals surface area (Å²) in [6, 6.07) is 12.0. The molecule has 1 aliphatic rings. The van der Waals surface area contributed by atoms with E-state index >= 15 is 0 Å². The molecular weight excluding hydrogens is 447 g/mol. The molecule has 4 rings (SSSR count). The summed E-state index contributed by atoms with van der Waals surface area (Å²) < 4.78 is 75.5. The van der Waals surface area contributed by atoms with Crippen molar-refractivity contribution < 1.29 is 26.7 Å². The van der Waals surface area contributed by atoms with Crippen LogP contribution in [0.3, 0.4) is 0 Å². The number of rotatable bonds is 7. The van der Waals surface area contributed by atoms with Gasteiger partial charge < -0.3 is 4.74 Å². The third-order valence-corrected chi connectivity index (χ3v) is 6.55. The van der Waals surface area contributed by atoms with Crippen LogP contribution in [-0.2, 0) is 17.6 Å². The Morgan fingerprint density at radius 2 is 1.50 bits per heavy atom. The van der Waals surface area contributed by atoms with Crippen LogP contribution in [0.2, 0.25) is 0 Å². The third-order valence-electron chi connectivity index (χ3n) is 6.55. The van der Waals surface area contributed by atoms with Crippen LogP contribution >= 0.6 is 0 Å². The molecule has 180 valence electrons. The first-order valence-corrected chi connectivity index (χ1v) is 11.7. The van der Waals surface area contributed by atoms with Gasteiger partial charge in [-0.1, -0.05) is 49.7 Å². The molecule has 0 aromatic heterocycles. The van der Waals surface area contributed by atoms with Crippen LogP contribution in [0.15, 0.2) is 48.5 Å². The first-order valence-electron chi connectivity index (χ1n) is 11.7. The normalized spacial score (nSPS) is 18.3. The van der Waals surface area contributed by atoms with Crippen LogP contribution in [-0.4, -0.2) is 6.61 Å². The van der Waals surface area contributed by atoms with Gasteiger partial charge in [-0.3, -0.25) is 0 Å². The van der Waals surface area contributed by atoms with Gasteiger partial charge in [0.2, 0.25) is 0 Å². The monoisotopic (exact) mass is 474 g/mol. The number of halogens is 5. The lowest BCUT2D eigenvalue weighted by Crippen LogP contribution is -2.20. The Morgan fingerprint density at radius 1 is 0.794 bits per heavy atom. The largest absolute Gasteiger partial charge is 0.373 e. The van der Waals surface area contributed by atoms with E-state index in [2.05, 4.69) is 6.92 Å². The van der Waals surface area contributed by atoms with Crippen molar-refractivity contribution in [2.24, 2.45) is 5.92 Å². The van der Waals surface area contributed by atoms with Crippen molar-refractivity contribution in [1.82, 2.24) is 0 Å². The smallest absolute Gasteiger partial charge is 0.194 e. The molecule has 0 saturated carbocycles. The van der Waals surface area contributed by atoms with Crippen molar-refractivity contribution in [2.75, 3.05) is 6.61 Å². The Balaban J connectivity index is 1.44. The van der Waals surface area contributed by atoms with E-state index in [4.69, 9.17) is 4.74 Å². The summed E-state index contributed by atoms with van der Waals surface area (Å²) in [7, 11) is 0. The zero-order valence-corrected chi connectivity index (χ0v) is 19.0. The Kier molecular flexibility index (Phi) is 7.67. The SMILES string of the molecule is CCCC1CCC(c2ccc(-c3ccc(CCc4cc(F)c(F)c(F)c4)c(F)c3F)cc2)OC1. The molecule has 6 heteroatoms. The first-order chi connectivity index (χ1) is 16.4. The summed E-state index contributed by atoms with van der Waals surface area (Å²) in [4.78, 5) is 0. The van der Waals surface area contributed by atoms with Gasteiger partial charge in [0.15, 0.2) is 29.1 Å². The van der Waals surface area contributed by atoms with E-state index in [1.54, 1.807) is 12.1 Å². The van der Waals surface area contributed by atoms with Crippen LogP contribution in [0.25, 0.3) is 11.1 Å². The van der Waals surface area contributed by atoms with Gasteiger partial charge in [-0.25, -0.2) is 22.0 Å². The van der Waals surface area contributed by atoms with Crippen molar-refractivity contribution in [1.29, 1.82) is 0 Å². The summed E-state index contributed by atoms with van der Waals surface area (Å²) in [5.74, 6) is -5.52. The molecule has 0 radical (unpaired) electrons. The Hall–Kier alpha value is -2.73. The van der Waals surface area contributed by atoms with Crippen molar-refractivity contribution in [3.63, 3.8) is 0 Å². The minimum absolute atomic E-state index is 0.0184. The molecule has 1 fully saturated rings. The maximum atomic E-state index is 14.9. The van der Waals surface area contributed by atoms with Gasteiger partial charge in [-0.15, -0.1) is 0 Å². The second-order valence-corrected chi connectivity index (χ2v) is 8.95. The summed E-state index contributed by atoms with van der Waals surface area (Å²) in [5, 5.41) is 0. The standard InChI is InChI=1S/C28H27F5O/c1-2-3-17-5-13-25(34-16-17)20-9-7-19(8-10-20)22-12-11-21(26(31)27(22)32)6-4-18-14-23(29)28(33)24(30)15-18/h7-12,14-15,17,25H,2-6,13,16H2,1H3. The van der Waals surface area contributed by atoms with Crippen LogP contribution in [0.4, 0.5) is 22.0 Å². The summed E-state index contributed by atoms with van der Waals surface area (Å²) in [6.07, 6.45) is 4.47. The fraction of sp³-hybridized carbons (Fsp3) is 0.357. The van der Waals surface area contributed by atoms with E-state index in [9.17, 15) is 22.0 Å². The minimum Gasteiger partial charge on any atom is -0.373 e. The fourth-order valence-electron chi connectivity index (χ4n) is 4.62. The zero-order valence-electron chi connectivity index (χ0n) is 19.0. The molecular formula is C28H27F5O. The van der Waals surface area contributed by atoms with E-state index in [-0.39, 0.29) is 35.6 Å². The summed E-state index contributed by atoms with van der Waals surface area (Å²) in [6.45, 7) is 2.92. The molecule has 3 aromatic rings. The van der Waals surface area contributed by atoms with Gasteiger partial charge >= 0.3 is 0 Å². The van der Waals surface area contributed by atoms with Gasteiger partial charge in [0.05, 0.1) is 12.7 Å². The van der Waals surface area contributed by atoms with E-state index in [1.165, 1.54) is 18.6 Å². The molecule has 34 heavy (non-hydrogen) atoms. The highest BCUT2D eigenvalue weighted by atomic mass is 19.2.